The van der Waals surface area contributed by atoms with Crippen LogP contribution < -0.4 is 0 Å². The van der Waals surface area contributed by atoms with Crippen molar-refractivity contribution < 1.29 is 0 Å². The van der Waals surface area contributed by atoms with Gasteiger partial charge in [-0.2, -0.15) is 0 Å². The van der Waals surface area contributed by atoms with E-state index in [1.165, 1.54) is 11.1 Å². The van der Waals surface area contributed by atoms with E-state index in [0.29, 0.717) is 0 Å². The van der Waals surface area contributed by atoms with Crippen molar-refractivity contribution in [3.05, 3.63) is 40.3 Å². The predicted octanol–water partition coefficient (Wildman–Crippen LogP) is 3.47. The maximum atomic E-state index is 4.37. The Balaban J connectivity index is 2.55. The summed E-state index contributed by atoms with van der Waals surface area (Å²) < 4.78 is 2.98. The van der Waals surface area contributed by atoms with Crippen LogP contribution in [0.5, 0.6) is 0 Å². The first-order chi connectivity index (χ1) is 7.09. The zero-order valence-corrected chi connectivity index (χ0v) is 10.7. The smallest absolute Gasteiger partial charge is 0.112 e. The number of imidazole rings is 1. The minimum atomic E-state index is 1.00. The molecule has 0 N–H and O–H groups in total. The number of rotatable bonds is 1. The van der Waals surface area contributed by atoms with E-state index in [1.54, 1.807) is 0 Å². The zero-order valence-electron chi connectivity index (χ0n) is 9.08. The van der Waals surface area contributed by atoms with Crippen LogP contribution in [-0.4, -0.2) is 9.55 Å². The molecule has 0 aliphatic carbocycles. The molecule has 0 fully saturated rings. The van der Waals surface area contributed by atoms with Gasteiger partial charge in [-0.3, -0.25) is 0 Å². The molecule has 0 saturated heterocycles. The van der Waals surface area contributed by atoms with Crippen LogP contribution in [0.4, 0.5) is 0 Å². The van der Waals surface area contributed by atoms with Gasteiger partial charge < -0.3 is 4.57 Å². The van der Waals surface area contributed by atoms with Crippen LogP contribution in [0, 0.1) is 13.8 Å². The zero-order chi connectivity index (χ0) is 11.0. The first-order valence-electron chi connectivity index (χ1n) is 4.84. The Labute approximate surface area is 98.1 Å². The van der Waals surface area contributed by atoms with E-state index in [2.05, 4.69) is 53.0 Å². The third-order valence-electron chi connectivity index (χ3n) is 2.65. The van der Waals surface area contributed by atoms with E-state index in [1.807, 2.05) is 17.9 Å². The molecule has 0 amide bonds. The first kappa shape index (κ1) is 10.4. The highest BCUT2D eigenvalue weighted by Gasteiger charge is 2.08. The quantitative estimate of drug-likeness (QED) is 0.772. The molecule has 1 aromatic carbocycles. The Kier molecular flexibility index (Phi) is 2.65. The van der Waals surface area contributed by atoms with Gasteiger partial charge in [0.1, 0.15) is 10.3 Å². The van der Waals surface area contributed by atoms with Crippen molar-refractivity contribution in [2.24, 2.45) is 7.05 Å². The Morgan fingerprint density at radius 2 is 1.93 bits per heavy atom. The van der Waals surface area contributed by atoms with E-state index < -0.39 is 0 Å². The fourth-order valence-electron chi connectivity index (χ4n) is 1.50. The largest absolute Gasteiger partial charge is 0.328 e. The SMILES string of the molecule is Cc1ccc(-c2ncn(C)c2Br)cc1C. The molecule has 3 heteroatoms. The van der Waals surface area contributed by atoms with Crippen molar-refractivity contribution in [3.63, 3.8) is 0 Å². The fourth-order valence-corrected chi connectivity index (χ4v) is 1.92. The van der Waals surface area contributed by atoms with Gasteiger partial charge in [0.15, 0.2) is 0 Å². The second-order valence-corrected chi connectivity index (χ2v) is 4.55. The molecule has 2 rings (SSSR count). The molecule has 0 saturated carbocycles. The second kappa shape index (κ2) is 3.81. The van der Waals surface area contributed by atoms with Gasteiger partial charge in [-0.15, -0.1) is 0 Å². The van der Waals surface area contributed by atoms with Crippen molar-refractivity contribution in [1.82, 2.24) is 9.55 Å². The summed E-state index contributed by atoms with van der Waals surface area (Å²) in [5.41, 5.74) is 4.77. The highest BCUT2D eigenvalue weighted by atomic mass is 79.9. The third kappa shape index (κ3) is 1.84. The molecule has 78 valence electrons. The Hall–Kier alpha value is -1.09. The maximum Gasteiger partial charge on any atom is 0.112 e. The van der Waals surface area contributed by atoms with E-state index in [0.717, 1.165) is 15.9 Å². The standard InChI is InChI=1S/C12H13BrN2/c1-8-4-5-10(6-9(8)2)11-12(13)15(3)7-14-11/h4-7H,1-3H3. The summed E-state index contributed by atoms with van der Waals surface area (Å²) in [7, 11) is 1.97. The molecule has 0 aliphatic heterocycles. The number of nitrogens with zero attached hydrogens (tertiary/aromatic N) is 2. The topological polar surface area (TPSA) is 17.8 Å². The van der Waals surface area contributed by atoms with E-state index in [4.69, 9.17) is 0 Å². The summed E-state index contributed by atoms with van der Waals surface area (Å²) in [4.78, 5) is 4.37. The lowest BCUT2D eigenvalue weighted by molar-refractivity contribution is 0.891. The van der Waals surface area contributed by atoms with Gasteiger partial charge >= 0.3 is 0 Å². The number of halogens is 1. The minimum absolute atomic E-state index is 1.00. The van der Waals surface area contributed by atoms with Crippen LogP contribution in [0.3, 0.4) is 0 Å². The van der Waals surface area contributed by atoms with Gasteiger partial charge in [0.2, 0.25) is 0 Å². The average molecular weight is 265 g/mol. The van der Waals surface area contributed by atoms with Crippen molar-refractivity contribution in [2.45, 2.75) is 13.8 Å². The van der Waals surface area contributed by atoms with Crippen molar-refractivity contribution in [1.29, 1.82) is 0 Å². The summed E-state index contributed by atoms with van der Waals surface area (Å²) in [6.45, 7) is 4.24. The molecule has 0 unspecified atom stereocenters. The number of benzene rings is 1. The average Bonchev–Trinajstić information content (AvgIpc) is 2.53. The summed E-state index contributed by atoms with van der Waals surface area (Å²) in [6.07, 6.45) is 1.81. The normalized spacial score (nSPS) is 10.7. The lowest BCUT2D eigenvalue weighted by Gasteiger charge is -2.03. The summed E-state index contributed by atoms with van der Waals surface area (Å²) >= 11 is 3.53. The summed E-state index contributed by atoms with van der Waals surface area (Å²) in [5, 5.41) is 0. The number of aromatic nitrogens is 2. The molecule has 1 heterocycles. The van der Waals surface area contributed by atoms with E-state index in [-0.39, 0.29) is 0 Å². The lowest BCUT2D eigenvalue weighted by Crippen LogP contribution is -1.86. The highest BCUT2D eigenvalue weighted by Crippen LogP contribution is 2.27. The van der Waals surface area contributed by atoms with E-state index >= 15 is 0 Å². The molecule has 0 bridgehead atoms. The molecule has 2 nitrogen and oxygen atoms in total. The van der Waals surface area contributed by atoms with Crippen LogP contribution in [0.15, 0.2) is 29.1 Å². The maximum absolute atomic E-state index is 4.37. The van der Waals surface area contributed by atoms with Gasteiger partial charge in [-0.25, -0.2) is 4.98 Å². The van der Waals surface area contributed by atoms with Gasteiger partial charge in [0, 0.05) is 12.6 Å². The van der Waals surface area contributed by atoms with Crippen molar-refractivity contribution in [3.8, 4) is 11.3 Å². The number of hydrogen-bond acceptors (Lipinski definition) is 1. The van der Waals surface area contributed by atoms with E-state index in [9.17, 15) is 0 Å². The van der Waals surface area contributed by atoms with Gasteiger partial charge in [0.05, 0.1) is 6.33 Å². The minimum Gasteiger partial charge on any atom is -0.328 e. The molecule has 15 heavy (non-hydrogen) atoms. The van der Waals surface area contributed by atoms with Crippen LogP contribution in [0.1, 0.15) is 11.1 Å². The second-order valence-electron chi connectivity index (χ2n) is 3.79. The Morgan fingerprint density at radius 1 is 1.20 bits per heavy atom. The van der Waals surface area contributed by atoms with Crippen molar-refractivity contribution in [2.75, 3.05) is 0 Å². The summed E-state index contributed by atoms with van der Waals surface area (Å²) in [6, 6.07) is 6.41. The van der Waals surface area contributed by atoms with Gasteiger partial charge in [-0.1, -0.05) is 12.1 Å². The molecule has 0 atom stereocenters. The first-order valence-corrected chi connectivity index (χ1v) is 5.63. The van der Waals surface area contributed by atoms with Crippen LogP contribution in [-0.2, 0) is 7.05 Å². The highest BCUT2D eigenvalue weighted by molar-refractivity contribution is 9.10. The number of hydrogen-bond donors (Lipinski definition) is 0. The molecule has 2 aromatic rings. The number of aryl methyl sites for hydroxylation is 3. The lowest BCUT2D eigenvalue weighted by atomic mass is 10.0. The molecule has 0 aliphatic rings. The molecule has 0 radical (unpaired) electrons. The van der Waals surface area contributed by atoms with Gasteiger partial charge in [-0.05, 0) is 47.0 Å². The third-order valence-corrected chi connectivity index (χ3v) is 3.58. The van der Waals surface area contributed by atoms with Crippen LogP contribution in [0.25, 0.3) is 11.3 Å². The van der Waals surface area contributed by atoms with Crippen molar-refractivity contribution >= 4 is 15.9 Å². The molecule has 1 aromatic heterocycles. The van der Waals surface area contributed by atoms with Gasteiger partial charge in [0.25, 0.3) is 0 Å². The molecule has 0 spiro atoms. The Morgan fingerprint density at radius 3 is 2.47 bits per heavy atom. The monoisotopic (exact) mass is 264 g/mol. The van der Waals surface area contributed by atoms with Crippen LogP contribution in [0.2, 0.25) is 0 Å². The van der Waals surface area contributed by atoms with Crippen LogP contribution >= 0.6 is 15.9 Å². The fraction of sp³-hybridized carbons (Fsp3) is 0.250. The molecular weight excluding hydrogens is 252 g/mol. The predicted molar refractivity (Wildman–Crippen MR) is 65.8 cm³/mol. The summed E-state index contributed by atoms with van der Waals surface area (Å²) in [5.74, 6) is 0. The molecular formula is C12H13BrN2. The Bertz CT molecular complexity index is 500.